The highest BCUT2D eigenvalue weighted by Gasteiger charge is 2.14. The van der Waals surface area contributed by atoms with Crippen LogP contribution < -0.4 is 21.5 Å². The number of anilines is 3. The van der Waals surface area contributed by atoms with E-state index in [2.05, 4.69) is 26.0 Å². The molecular formula is C23H22N6O3. The van der Waals surface area contributed by atoms with Gasteiger partial charge in [-0.25, -0.2) is 14.3 Å². The Balaban J connectivity index is 1.38. The number of H-pyrrole nitrogens is 1. The van der Waals surface area contributed by atoms with Crippen molar-refractivity contribution in [3.8, 4) is 0 Å². The largest absolute Gasteiger partial charge is 0.326 e. The molecular weight excluding hydrogens is 408 g/mol. The molecule has 2 aromatic heterocycles. The van der Waals surface area contributed by atoms with Crippen molar-refractivity contribution in [2.75, 3.05) is 16.0 Å². The van der Waals surface area contributed by atoms with E-state index < -0.39 is 0 Å². The Labute approximate surface area is 183 Å². The van der Waals surface area contributed by atoms with E-state index in [1.54, 1.807) is 40.9 Å². The molecule has 0 radical (unpaired) electrons. The van der Waals surface area contributed by atoms with Gasteiger partial charge in [0.25, 0.3) is 5.56 Å². The van der Waals surface area contributed by atoms with Gasteiger partial charge in [-0.1, -0.05) is 18.2 Å². The van der Waals surface area contributed by atoms with Crippen molar-refractivity contribution >= 4 is 34.6 Å². The van der Waals surface area contributed by atoms with Gasteiger partial charge in [-0.2, -0.15) is 0 Å². The van der Waals surface area contributed by atoms with Crippen LogP contribution in [0.5, 0.6) is 0 Å². The van der Waals surface area contributed by atoms with Crippen molar-refractivity contribution in [3.63, 3.8) is 0 Å². The number of nitrogens with one attached hydrogen (secondary N) is 4. The van der Waals surface area contributed by atoms with E-state index in [0.717, 1.165) is 11.3 Å². The van der Waals surface area contributed by atoms with Gasteiger partial charge < -0.3 is 16.0 Å². The summed E-state index contributed by atoms with van der Waals surface area (Å²) in [6, 6.07) is 17.0. The second-order valence-corrected chi connectivity index (χ2v) is 7.32. The summed E-state index contributed by atoms with van der Waals surface area (Å²) in [6.07, 6.45) is 0.111. The second-order valence-electron chi connectivity index (χ2n) is 7.32. The highest BCUT2D eigenvalue weighted by Crippen LogP contribution is 2.17. The van der Waals surface area contributed by atoms with Gasteiger partial charge >= 0.3 is 6.03 Å². The zero-order valence-electron chi connectivity index (χ0n) is 17.6. The number of amides is 3. The molecule has 0 atom stereocenters. The zero-order valence-corrected chi connectivity index (χ0v) is 17.6. The number of benzene rings is 2. The lowest BCUT2D eigenvalue weighted by Crippen LogP contribution is -2.19. The molecule has 0 aliphatic heterocycles. The molecule has 0 bridgehead atoms. The van der Waals surface area contributed by atoms with Crippen LogP contribution in [0.4, 0.5) is 21.9 Å². The maximum Gasteiger partial charge on any atom is 0.323 e. The van der Waals surface area contributed by atoms with Gasteiger partial charge in [-0.3, -0.25) is 14.7 Å². The van der Waals surface area contributed by atoms with Crippen molar-refractivity contribution in [2.45, 2.75) is 20.3 Å². The average Bonchev–Trinajstić information content (AvgIpc) is 3.13. The van der Waals surface area contributed by atoms with E-state index in [0.29, 0.717) is 28.4 Å². The number of aryl methyl sites for hydroxylation is 2. The number of carbonyl (C=O) groups is 2. The van der Waals surface area contributed by atoms with Crippen LogP contribution in [-0.4, -0.2) is 26.5 Å². The van der Waals surface area contributed by atoms with Crippen LogP contribution in [0.2, 0.25) is 0 Å². The lowest BCUT2D eigenvalue weighted by molar-refractivity contribution is -0.115. The SMILES string of the molecule is Cc1nc2cc(=O)[nH]n2c(C)c1CC(=O)Nc1ccc(NC(=O)Nc2ccccc2)cc1. The Morgan fingerprint density at radius 3 is 2.16 bits per heavy atom. The van der Waals surface area contributed by atoms with E-state index in [4.69, 9.17) is 0 Å². The predicted molar refractivity (Wildman–Crippen MR) is 123 cm³/mol. The smallest absolute Gasteiger partial charge is 0.323 e. The molecule has 0 aliphatic carbocycles. The fraction of sp³-hybridized carbons (Fsp3) is 0.130. The van der Waals surface area contributed by atoms with Crippen LogP contribution in [0.15, 0.2) is 65.5 Å². The number of aromatic amines is 1. The first-order valence-corrected chi connectivity index (χ1v) is 10.00. The Bertz CT molecular complexity index is 1340. The van der Waals surface area contributed by atoms with Crippen LogP contribution in [-0.2, 0) is 11.2 Å². The van der Waals surface area contributed by atoms with E-state index in [-0.39, 0.29) is 23.9 Å². The Morgan fingerprint density at radius 2 is 1.50 bits per heavy atom. The molecule has 0 saturated heterocycles. The maximum absolute atomic E-state index is 12.6. The predicted octanol–water partition coefficient (Wildman–Crippen LogP) is 3.46. The maximum atomic E-state index is 12.6. The molecule has 0 fully saturated rings. The van der Waals surface area contributed by atoms with Crippen LogP contribution >= 0.6 is 0 Å². The second kappa shape index (κ2) is 8.76. The van der Waals surface area contributed by atoms with E-state index in [1.807, 2.05) is 32.0 Å². The molecule has 2 aromatic carbocycles. The number of hydrogen-bond donors (Lipinski definition) is 4. The molecule has 0 spiro atoms. The number of carbonyl (C=O) groups excluding carboxylic acids is 2. The van der Waals surface area contributed by atoms with Crippen LogP contribution in [0.3, 0.4) is 0 Å². The third-order valence-electron chi connectivity index (χ3n) is 5.00. The molecule has 4 rings (SSSR count). The molecule has 4 N–H and O–H groups in total. The fourth-order valence-electron chi connectivity index (χ4n) is 3.43. The average molecular weight is 430 g/mol. The van der Waals surface area contributed by atoms with Crippen molar-refractivity contribution in [3.05, 3.63) is 88.0 Å². The third-order valence-corrected chi connectivity index (χ3v) is 5.00. The van der Waals surface area contributed by atoms with Gasteiger partial charge in [0.15, 0.2) is 5.65 Å². The number of fused-ring (bicyclic) bond motifs is 1. The minimum absolute atomic E-state index is 0.111. The lowest BCUT2D eigenvalue weighted by Gasteiger charge is -2.12. The highest BCUT2D eigenvalue weighted by molar-refractivity contribution is 6.00. The first-order valence-electron chi connectivity index (χ1n) is 10.00. The summed E-state index contributed by atoms with van der Waals surface area (Å²) >= 11 is 0. The van der Waals surface area contributed by atoms with Crippen molar-refractivity contribution in [1.82, 2.24) is 14.6 Å². The van der Waals surface area contributed by atoms with E-state index in [1.165, 1.54) is 6.07 Å². The topological polar surface area (TPSA) is 120 Å². The quantitative estimate of drug-likeness (QED) is 0.387. The molecule has 162 valence electrons. The van der Waals surface area contributed by atoms with E-state index >= 15 is 0 Å². The molecule has 9 nitrogen and oxygen atoms in total. The molecule has 0 aliphatic rings. The molecule has 32 heavy (non-hydrogen) atoms. The van der Waals surface area contributed by atoms with Crippen LogP contribution in [0, 0.1) is 13.8 Å². The van der Waals surface area contributed by atoms with Gasteiger partial charge in [-0.15, -0.1) is 0 Å². The fourth-order valence-corrected chi connectivity index (χ4v) is 3.43. The van der Waals surface area contributed by atoms with Gasteiger partial charge in [-0.05, 0) is 50.2 Å². The number of urea groups is 1. The van der Waals surface area contributed by atoms with Crippen LogP contribution in [0.25, 0.3) is 5.65 Å². The van der Waals surface area contributed by atoms with Gasteiger partial charge in [0.1, 0.15) is 0 Å². The summed E-state index contributed by atoms with van der Waals surface area (Å²) in [5.74, 6) is -0.214. The van der Waals surface area contributed by atoms with Gasteiger partial charge in [0.05, 0.1) is 6.42 Å². The number of rotatable bonds is 5. The highest BCUT2D eigenvalue weighted by atomic mass is 16.2. The number of aromatic nitrogens is 3. The molecule has 2 heterocycles. The monoisotopic (exact) mass is 430 g/mol. The minimum atomic E-state index is -0.357. The molecule has 9 heteroatoms. The first kappa shape index (κ1) is 20.9. The van der Waals surface area contributed by atoms with Crippen molar-refractivity contribution in [2.24, 2.45) is 0 Å². The van der Waals surface area contributed by atoms with Crippen molar-refractivity contribution in [1.29, 1.82) is 0 Å². The molecule has 0 saturated carbocycles. The van der Waals surface area contributed by atoms with Crippen molar-refractivity contribution < 1.29 is 9.59 Å². The van der Waals surface area contributed by atoms with Gasteiger partial charge in [0, 0.05) is 40.1 Å². The van der Waals surface area contributed by atoms with E-state index in [9.17, 15) is 14.4 Å². The standard InChI is InChI=1S/C23H22N6O3/c1-14-19(15(2)29-20(24-14)13-22(31)28-29)12-21(30)25-17-8-10-18(11-9-17)27-23(32)26-16-6-4-3-5-7-16/h3-11,13H,12H2,1-2H3,(H,25,30)(H,28,31)(H2,26,27,32). The van der Waals surface area contributed by atoms with Gasteiger partial charge in [0.2, 0.25) is 5.91 Å². The summed E-state index contributed by atoms with van der Waals surface area (Å²) in [5, 5.41) is 11.0. The summed E-state index contributed by atoms with van der Waals surface area (Å²) in [6.45, 7) is 3.65. The molecule has 0 unspecified atom stereocenters. The third kappa shape index (κ3) is 4.67. The van der Waals surface area contributed by atoms with Crippen LogP contribution in [0.1, 0.15) is 17.0 Å². The molecule has 3 amide bonds. The summed E-state index contributed by atoms with van der Waals surface area (Å²) in [5.41, 5.74) is 4.36. The summed E-state index contributed by atoms with van der Waals surface area (Å²) in [4.78, 5) is 40.7. The first-order chi connectivity index (χ1) is 15.4. The Kier molecular flexibility index (Phi) is 5.71. The summed E-state index contributed by atoms with van der Waals surface area (Å²) in [7, 11) is 0. The zero-order chi connectivity index (χ0) is 22.7. The Morgan fingerprint density at radius 1 is 0.906 bits per heavy atom. The minimum Gasteiger partial charge on any atom is -0.326 e. The summed E-state index contributed by atoms with van der Waals surface area (Å²) < 4.78 is 1.58. The molecule has 4 aromatic rings. The Hall–Kier alpha value is -4.40. The number of nitrogens with zero attached hydrogens (tertiary/aromatic N) is 2. The number of para-hydroxylation sites is 1. The number of hydrogen-bond acceptors (Lipinski definition) is 4. The lowest BCUT2D eigenvalue weighted by atomic mass is 10.1. The normalized spacial score (nSPS) is 10.7.